The number of oxime groups is 1. The maximum absolute atomic E-state index is 9.03. The van der Waals surface area contributed by atoms with Crippen molar-refractivity contribution in [1.29, 1.82) is 0 Å². The molecule has 1 aliphatic rings. The Morgan fingerprint density at radius 2 is 2.10 bits per heavy atom. The number of hydrogen-bond acceptors (Lipinski definition) is 3. The number of nitrogens with two attached hydrogens (primary N) is 1. The summed E-state index contributed by atoms with van der Waals surface area (Å²) in [6, 6.07) is 10.5. The van der Waals surface area contributed by atoms with Crippen LogP contribution in [0.4, 0.5) is 0 Å². The largest absolute Gasteiger partial charge is 0.409 e. The van der Waals surface area contributed by atoms with Gasteiger partial charge in [0.2, 0.25) is 0 Å². The van der Waals surface area contributed by atoms with Crippen LogP contribution in [-0.2, 0) is 0 Å². The summed E-state index contributed by atoms with van der Waals surface area (Å²) in [5.41, 5.74) is 6.96. The predicted octanol–water partition coefficient (Wildman–Crippen LogP) is 2.93. The fraction of sp³-hybridized carbons (Fsp3) is 0.588. The first kappa shape index (κ1) is 15.8. The second-order valence-corrected chi connectivity index (χ2v) is 6.11. The van der Waals surface area contributed by atoms with Crippen molar-refractivity contribution < 1.29 is 5.21 Å². The zero-order valence-electron chi connectivity index (χ0n) is 13.0. The molecule has 0 radical (unpaired) electrons. The number of benzene rings is 1. The third-order valence-corrected chi connectivity index (χ3v) is 5.01. The highest BCUT2D eigenvalue weighted by molar-refractivity contribution is 5.87. The van der Waals surface area contributed by atoms with Gasteiger partial charge >= 0.3 is 0 Å². The maximum Gasteiger partial charge on any atom is 0.147 e. The normalized spacial score (nSPS) is 27.7. The van der Waals surface area contributed by atoms with Crippen molar-refractivity contribution in [2.24, 2.45) is 22.7 Å². The van der Waals surface area contributed by atoms with Gasteiger partial charge in [-0.15, -0.1) is 0 Å². The van der Waals surface area contributed by atoms with Crippen molar-refractivity contribution >= 4 is 5.84 Å². The minimum atomic E-state index is -0.0796. The van der Waals surface area contributed by atoms with Crippen molar-refractivity contribution in [2.45, 2.75) is 45.1 Å². The molecule has 1 aliphatic carbocycles. The zero-order valence-corrected chi connectivity index (χ0v) is 13.0. The van der Waals surface area contributed by atoms with E-state index in [4.69, 9.17) is 10.9 Å². The fourth-order valence-electron chi connectivity index (χ4n) is 3.53. The van der Waals surface area contributed by atoms with Crippen LogP contribution >= 0.6 is 0 Å². The van der Waals surface area contributed by atoms with Crippen LogP contribution in [0.25, 0.3) is 0 Å². The first-order chi connectivity index (χ1) is 10.2. The lowest BCUT2D eigenvalue weighted by Crippen LogP contribution is -2.39. The third kappa shape index (κ3) is 3.76. The molecule has 1 aromatic carbocycles. The molecule has 4 nitrogen and oxygen atoms in total. The molecule has 116 valence electrons. The summed E-state index contributed by atoms with van der Waals surface area (Å²) in [4.78, 5) is 0. The number of nitrogens with zero attached hydrogens (tertiary/aromatic N) is 1. The minimum absolute atomic E-state index is 0.0796. The van der Waals surface area contributed by atoms with E-state index in [1.165, 1.54) is 19.3 Å². The van der Waals surface area contributed by atoms with Gasteiger partial charge in [0, 0.05) is 12.6 Å². The maximum atomic E-state index is 9.03. The van der Waals surface area contributed by atoms with Gasteiger partial charge in [-0.2, -0.15) is 0 Å². The van der Waals surface area contributed by atoms with Gasteiger partial charge in [0.1, 0.15) is 5.84 Å². The molecule has 0 heterocycles. The number of rotatable bonds is 6. The lowest BCUT2D eigenvalue weighted by Gasteiger charge is -2.24. The Hall–Kier alpha value is -1.55. The molecule has 4 atom stereocenters. The molecular formula is C17H27N3O. The molecule has 0 aromatic heterocycles. The Morgan fingerprint density at radius 1 is 1.38 bits per heavy atom. The standard InChI is InChI=1S/C17H27N3O/c1-3-13-9-10-16(12(13)2)19-11-15(17(18)20-21)14-7-5-4-6-8-14/h4-8,12-13,15-16,19,21H,3,9-11H2,1-2H3,(H2,18,20). The molecule has 0 spiro atoms. The highest BCUT2D eigenvalue weighted by Crippen LogP contribution is 2.34. The highest BCUT2D eigenvalue weighted by atomic mass is 16.4. The smallest absolute Gasteiger partial charge is 0.147 e. The quantitative estimate of drug-likeness (QED) is 0.326. The van der Waals surface area contributed by atoms with Gasteiger partial charge < -0.3 is 16.3 Å². The van der Waals surface area contributed by atoms with Crippen LogP contribution in [0, 0.1) is 11.8 Å². The molecule has 0 saturated heterocycles. The van der Waals surface area contributed by atoms with E-state index in [9.17, 15) is 0 Å². The van der Waals surface area contributed by atoms with E-state index in [2.05, 4.69) is 24.3 Å². The second kappa shape index (κ2) is 7.46. The lowest BCUT2D eigenvalue weighted by atomic mass is 9.92. The van der Waals surface area contributed by atoms with Gasteiger partial charge in [-0.25, -0.2) is 0 Å². The first-order valence-electron chi connectivity index (χ1n) is 7.93. The van der Waals surface area contributed by atoms with Crippen LogP contribution < -0.4 is 11.1 Å². The Labute approximate surface area is 127 Å². The van der Waals surface area contributed by atoms with Crippen LogP contribution in [0.1, 0.15) is 44.6 Å². The lowest BCUT2D eigenvalue weighted by molar-refractivity contribution is 0.314. The highest BCUT2D eigenvalue weighted by Gasteiger charge is 2.31. The van der Waals surface area contributed by atoms with Crippen LogP contribution in [0.15, 0.2) is 35.5 Å². The average Bonchev–Trinajstić information content (AvgIpc) is 2.88. The Balaban J connectivity index is 2.01. The van der Waals surface area contributed by atoms with Crippen LogP contribution in [-0.4, -0.2) is 23.6 Å². The van der Waals surface area contributed by atoms with Crippen molar-refractivity contribution in [3.8, 4) is 0 Å². The van der Waals surface area contributed by atoms with Gasteiger partial charge in [-0.3, -0.25) is 0 Å². The summed E-state index contributed by atoms with van der Waals surface area (Å²) in [6.45, 7) is 5.32. The molecule has 0 amide bonds. The minimum Gasteiger partial charge on any atom is -0.409 e. The molecule has 1 saturated carbocycles. The molecule has 1 aromatic rings. The number of nitrogens with one attached hydrogen (secondary N) is 1. The predicted molar refractivity (Wildman–Crippen MR) is 86.6 cm³/mol. The topological polar surface area (TPSA) is 70.6 Å². The van der Waals surface area contributed by atoms with Gasteiger partial charge in [0.05, 0.1) is 5.92 Å². The molecular weight excluding hydrogens is 262 g/mol. The second-order valence-electron chi connectivity index (χ2n) is 6.11. The molecule has 4 unspecified atom stereocenters. The molecule has 4 N–H and O–H groups in total. The summed E-state index contributed by atoms with van der Waals surface area (Å²) < 4.78 is 0. The summed E-state index contributed by atoms with van der Waals surface area (Å²) in [5, 5.41) is 15.9. The van der Waals surface area contributed by atoms with E-state index in [1.807, 2.05) is 30.3 Å². The molecule has 0 aliphatic heterocycles. The monoisotopic (exact) mass is 289 g/mol. The SMILES string of the molecule is CCC1CCC(NCC(C(N)=NO)c2ccccc2)C1C. The summed E-state index contributed by atoms with van der Waals surface area (Å²) in [5.74, 6) is 1.70. The Morgan fingerprint density at radius 3 is 2.67 bits per heavy atom. The first-order valence-corrected chi connectivity index (χ1v) is 7.93. The summed E-state index contributed by atoms with van der Waals surface area (Å²) >= 11 is 0. The third-order valence-electron chi connectivity index (χ3n) is 5.01. The van der Waals surface area contributed by atoms with Gasteiger partial charge in [-0.05, 0) is 30.2 Å². The molecule has 1 fully saturated rings. The van der Waals surface area contributed by atoms with E-state index in [0.29, 0.717) is 18.5 Å². The van der Waals surface area contributed by atoms with Gasteiger partial charge in [0.15, 0.2) is 0 Å². The van der Waals surface area contributed by atoms with Crippen molar-refractivity contribution in [3.05, 3.63) is 35.9 Å². The van der Waals surface area contributed by atoms with Crippen molar-refractivity contribution in [1.82, 2.24) is 5.32 Å². The molecule has 2 rings (SSSR count). The fourth-order valence-corrected chi connectivity index (χ4v) is 3.53. The van der Waals surface area contributed by atoms with Crippen LogP contribution in [0.5, 0.6) is 0 Å². The average molecular weight is 289 g/mol. The summed E-state index contributed by atoms with van der Waals surface area (Å²) in [7, 11) is 0. The Bertz CT molecular complexity index is 460. The number of amidine groups is 1. The van der Waals surface area contributed by atoms with Gasteiger partial charge in [-0.1, -0.05) is 55.8 Å². The van der Waals surface area contributed by atoms with Gasteiger partial charge in [0.25, 0.3) is 0 Å². The van der Waals surface area contributed by atoms with Crippen molar-refractivity contribution in [2.75, 3.05) is 6.54 Å². The van der Waals surface area contributed by atoms with E-state index in [1.54, 1.807) is 0 Å². The van der Waals surface area contributed by atoms with Crippen LogP contribution in [0.2, 0.25) is 0 Å². The van der Waals surface area contributed by atoms with E-state index in [0.717, 1.165) is 11.5 Å². The van der Waals surface area contributed by atoms with E-state index >= 15 is 0 Å². The van der Waals surface area contributed by atoms with Crippen LogP contribution in [0.3, 0.4) is 0 Å². The number of hydrogen-bond donors (Lipinski definition) is 3. The molecule has 0 bridgehead atoms. The molecule has 21 heavy (non-hydrogen) atoms. The Kier molecular flexibility index (Phi) is 5.62. The van der Waals surface area contributed by atoms with Crippen molar-refractivity contribution in [3.63, 3.8) is 0 Å². The van der Waals surface area contributed by atoms with E-state index in [-0.39, 0.29) is 11.8 Å². The zero-order chi connectivity index (χ0) is 15.2. The molecule has 4 heteroatoms. The summed E-state index contributed by atoms with van der Waals surface area (Å²) in [6.07, 6.45) is 3.77. The van der Waals surface area contributed by atoms with E-state index < -0.39 is 0 Å².